The number of fused-ring (bicyclic) bond motifs is 1. The molecule has 1 aliphatic heterocycles. The molecule has 0 radical (unpaired) electrons. The number of β-amino-alcohol motifs (C(OH)–C–C–N with tert-alkyl or cyclic N) is 1. The van der Waals surface area contributed by atoms with E-state index in [4.69, 9.17) is 4.42 Å². The summed E-state index contributed by atoms with van der Waals surface area (Å²) in [5.41, 5.74) is 2.27. The van der Waals surface area contributed by atoms with Crippen molar-refractivity contribution in [3.05, 3.63) is 35.6 Å². The van der Waals surface area contributed by atoms with E-state index in [1.807, 2.05) is 12.1 Å². The molecule has 18 heavy (non-hydrogen) atoms. The van der Waals surface area contributed by atoms with Crippen molar-refractivity contribution < 1.29 is 9.52 Å². The van der Waals surface area contributed by atoms with E-state index in [1.165, 1.54) is 10.9 Å². The van der Waals surface area contributed by atoms with E-state index in [0.717, 1.165) is 43.8 Å². The average molecular weight is 245 g/mol. The molecule has 3 heteroatoms. The Hall–Kier alpha value is -1.32. The molecule has 0 spiro atoms. The predicted octanol–water partition coefficient (Wildman–Crippen LogP) is 2.56. The summed E-state index contributed by atoms with van der Waals surface area (Å²) >= 11 is 0. The number of aliphatic hydroxyl groups is 1. The highest BCUT2D eigenvalue weighted by atomic mass is 16.3. The second-order valence-electron chi connectivity index (χ2n) is 5.03. The third-order valence-electron chi connectivity index (χ3n) is 3.73. The summed E-state index contributed by atoms with van der Waals surface area (Å²) in [5, 5.41) is 10.8. The maximum atomic E-state index is 9.60. The van der Waals surface area contributed by atoms with Crippen LogP contribution in [0.5, 0.6) is 0 Å². The molecule has 1 aromatic heterocycles. The highest BCUT2D eigenvalue weighted by Gasteiger charge is 2.22. The summed E-state index contributed by atoms with van der Waals surface area (Å²) in [5.74, 6) is 1.08. The van der Waals surface area contributed by atoms with Gasteiger partial charge in [0.15, 0.2) is 0 Å². The van der Waals surface area contributed by atoms with E-state index in [9.17, 15) is 5.11 Å². The second-order valence-corrected chi connectivity index (χ2v) is 5.03. The Kier molecular flexibility index (Phi) is 3.10. The molecule has 0 aliphatic carbocycles. The molecule has 96 valence electrons. The fourth-order valence-corrected chi connectivity index (χ4v) is 2.79. The third kappa shape index (κ3) is 2.04. The fourth-order valence-electron chi connectivity index (χ4n) is 2.79. The zero-order chi connectivity index (χ0) is 12.5. The minimum Gasteiger partial charge on any atom is -0.461 e. The van der Waals surface area contributed by atoms with Crippen LogP contribution >= 0.6 is 0 Å². The van der Waals surface area contributed by atoms with Gasteiger partial charge in [0.05, 0.1) is 6.10 Å². The number of rotatable bonds is 3. The van der Waals surface area contributed by atoms with Crippen LogP contribution in [0.2, 0.25) is 0 Å². The largest absolute Gasteiger partial charge is 0.461 e. The Bertz CT molecular complexity index is 546. The van der Waals surface area contributed by atoms with Gasteiger partial charge in [0.2, 0.25) is 0 Å². The molecule has 1 aliphatic rings. The van der Waals surface area contributed by atoms with Crippen LogP contribution in [0.25, 0.3) is 11.0 Å². The zero-order valence-corrected chi connectivity index (χ0v) is 10.7. The van der Waals surface area contributed by atoms with Crippen LogP contribution in [0.15, 0.2) is 28.7 Å². The number of furan rings is 1. The minimum atomic E-state index is -0.159. The molecule has 2 aromatic rings. The van der Waals surface area contributed by atoms with Gasteiger partial charge in [-0.1, -0.05) is 25.1 Å². The normalized spacial score (nSPS) is 20.9. The number of para-hydroxylation sites is 1. The molecular formula is C15H19NO2. The van der Waals surface area contributed by atoms with Crippen molar-refractivity contribution >= 4 is 11.0 Å². The van der Waals surface area contributed by atoms with Gasteiger partial charge in [0.25, 0.3) is 0 Å². The molecule has 1 N–H and O–H groups in total. The molecule has 3 rings (SSSR count). The van der Waals surface area contributed by atoms with Gasteiger partial charge in [-0.05, 0) is 12.5 Å². The number of aryl methyl sites for hydroxylation is 1. The van der Waals surface area contributed by atoms with Crippen molar-refractivity contribution in [2.24, 2.45) is 0 Å². The number of likely N-dealkylation sites (tertiary alicyclic amines) is 1. The van der Waals surface area contributed by atoms with E-state index in [1.54, 1.807) is 0 Å². The lowest BCUT2D eigenvalue weighted by Crippen LogP contribution is -2.21. The Morgan fingerprint density at radius 2 is 2.22 bits per heavy atom. The predicted molar refractivity (Wildman–Crippen MR) is 71.5 cm³/mol. The summed E-state index contributed by atoms with van der Waals surface area (Å²) in [6, 6.07) is 8.21. The number of nitrogens with zero attached hydrogens (tertiary/aromatic N) is 1. The molecule has 1 aromatic carbocycles. The molecule has 2 heterocycles. The van der Waals surface area contributed by atoms with E-state index in [0.29, 0.717) is 0 Å². The van der Waals surface area contributed by atoms with Crippen molar-refractivity contribution in [1.82, 2.24) is 4.90 Å². The van der Waals surface area contributed by atoms with Gasteiger partial charge in [-0.2, -0.15) is 0 Å². The molecule has 0 bridgehead atoms. The molecule has 0 saturated carbocycles. The summed E-state index contributed by atoms with van der Waals surface area (Å²) in [7, 11) is 0. The van der Waals surface area contributed by atoms with Gasteiger partial charge in [-0.3, -0.25) is 4.90 Å². The smallest absolute Gasteiger partial charge is 0.134 e. The Morgan fingerprint density at radius 3 is 2.94 bits per heavy atom. The monoisotopic (exact) mass is 245 g/mol. The minimum absolute atomic E-state index is 0.159. The number of benzene rings is 1. The van der Waals surface area contributed by atoms with Gasteiger partial charge in [-0.25, -0.2) is 0 Å². The van der Waals surface area contributed by atoms with Crippen LogP contribution in [0.3, 0.4) is 0 Å². The first-order chi connectivity index (χ1) is 8.78. The first kappa shape index (κ1) is 11.8. The maximum Gasteiger partial charge on any atom is 0.134 e. The summed E-state index contributed by atoms with van der Waals surface area (Å²) in [4.78, 5) is 2.31. The quantitative estimate of drug-likeness (QED) is 0.903. The molecule has 1 atom stereocenters. The van der Waals surface area contributed by atoms with Gasteiger partial charge < -0.3 is 9.52 Å². The van der Waals surface area contributed by atoms with Crippen molar-refractivity contribution in [3.8, 4) is 0 Å². The maximum absolute atomic E-state index is 9.60. The summed E-state index contributed by atoms with van der Waals surface area (Å²) in [6.07, 6.45) is 1.64. The van der Waals surface area contributed by atoms with Crippen molar-refractivity contribution in [3.63, 3.8) is 0 Å². The summed E-state index contributed by atoms with van der Waals surface area (Å²) < 4.78 is 5.90. The Labute approximate surface area is 107 Å². The van der Waals surface area contributed by atoms with Gasteiger partial charge >= 0.3 is 0 Å². The van der Waals surface area contributed by atoms with Crippen LogP contribution in [0, 0.1) is 0 Å². The van der Waals surface area contributed by atoms with Gasteiger partial charge in [0, 0.05) is 37.0 Å². The lowest BCUT2D eigenvalue weighted by molar-refractivity contribution is 0.174. The van der Waals surface area contributed by atoms with Crippen LogP contribution in [-0.2, 0) is 13.0 Å². The molecule has 3 nitrogen and oxygen atoms in total. The zero-order valence-electron chi connectivity index (χ0n) is 10.7. The van der Waals surface area contributed by atoms with E-state index in [-0.39, 0.29) is 6.10 Å². The van der Waals surface area contributed by atoms with Crippen LogP contribution in [-0.4, -0.2) is 29.2 Å². The SMILES string of the molecule is CCc1oc2ccccc2c1CN1CC[C@@H](O)C1. The highest BCUT2D eigenvalue weighted by Crippen LogP contribution is 2.28. The molecule has 0 amide bonds. The fraction of sp³-hybridized carbons (Fsp3) is 0.467. The van der Waals surface area contributed by atoms with Crippen LogP contribution in [0.4, 0.5) is 0 Å². The van der Waals surface area contributed by atoms with Crippen molar-refractivity contribution in [1.29, 1.82) is 0 Å². The Balaban J connectivity index is 1.94. The topological polar surface area (TPSA) is 36.6 Å². The van der Waals surface area contributed by atoms with Crippen LogP contribution in [0.1, 0.15) is 24.7 Å². The van der Waals surface area contributed by atoms with Crippen LogP contribution < -0.4 is 0 Å². The second kappa shape index (κ2) is 4.75. The molecular weight excluding hydrogens is 226 g/mol. The van der Waals surface area contributed by atoms with Gasteiger partial charge in [-0.15, -0.1) is 0 Å². The lowest BCUT2D eigenvalue weighted by atomic mass is 10.1. The first-order valence-corrected chi connectivity index (χ1v) is 6.67. The molecule has 1 fully saturated rings. The molecule has 0 unspecified atom stereocenters. The first-order valence-electron chi connectivity index (χ1n) is 6.67. The van der Waals surface area contributed by atoms with E-state index >= 15 is 0 Å². The standard InChI is InChI=1S/C15H19NO2/c1-2-14-13(10-16-8-7-11(17)9-16)12-5-3-4-6-15(12)18-14/h3-6,11,17H,2,7-10H2,1H3/t11-/m1/s1. The molecule has 1 saturated heterocycles. The Morgan fingerprint density at radius 1 is 1.39 bits per heavy atom. The number of hydrogen-bond acceptors (Lipinski definition) is 3. The average Bonchev–Trinajstić information content (AvgIpc) is 2.94. The highest BCUT2D eigenvalue weighted by molar-refractivity contribution is 5.82. The van der Waals surface area contributed by atoms with Gasteiger partial charge in [0.1, 0.15) is 11.3 Å². The third-order valence-corrected chi connectivity index (χ3v) is 3.73. The number of hydrogen-bond donors (Lipinski definition) is 1. The van der Waals surface area contributed by atoms with E-state index < -0.39 is 0 Å². The van der Waals surface area contributed by atoms with Crippen molar-refractivity contribution in [2.45, 2.75) is 32.4 Å². The summed E-state index contributed by atoms with van der Waals surface area (Å²) in [6.45, 7) is 4.77. The lowest BCUT2D eigenvalue weighted by Gasteiger charge is -2.14. The van der Waals surface area contributed by atoms with E-state index in [2.05, 4.69) is 24.0 Å². The number of aliphatic hydroxyl groups excluding tert-OH is 1. The van der Waals surface area contributed by atoms with Crippen molar-refractivity contribution in [2.75, 3.05) is 13.1 Å².